The molecule has 34 heavy (non-hydrogen) atoms. The van der Waals surface area contributed by atoms with Gasteiger partial charge in [-0.3, -0.25) is 5.10 Å². The van der Waals surface area contributed by atoms with Gasteiger partial charge in [0.15, 0.2) is 17.5 Å². The quantitative estimate of drug-likeness (QED) is 0.333. The molecule has 1 saturated carbocycles. The van der Waals surface area contributed by atoms with E-state index in [2.05, 4.69) is 10.2 Å². The van der Waals surface area contributed by atoms with Crippen molar-refractivity contribution >= 4 is 27.8 Å². The van der Waals surface area contributed by atoms with Crippen LogP contribution >= 0.6 is 0 Å². The van der Waals surface area contributed by atoms with Crippen LogP contribution in [0.25, 0.3) is 27.5 Å². The van der Waals surface area contributed by atoms with E-state index in [1.807, 2.05) is 13.8 Å². The van der Waals surface area contributed by atoms with E-state index in [0.29, 0.717) is 33.2 Å². The molecule has 2 heterocycles. The summed E-state index contributed by atoms with van der Waals surface area (Å²) in [5.74, 6) is -4.48. The highest BCUT2D eigenvalue weighted by Crippen LogP contribution is 2.48. The molecule has 1 aliphatic carbocycles. The highest BCUT2D eigenvalue weighted by molar-refractivity contribution is 5.99. The van der Waals surface area contributed by atoms with Crippen LogP contribution in [0.1, 0.15) is 62.6 Å². The summed E-state index contributed by atoms with van der Waals surface area (Å²) in [5.41, 5.74) is 0.0621. The lowest BCUT2D eigenvalue weighted by Crippen LogP contribution is -2.37. The van der Waals surface area contributed by atoms with Gasteiger partial charge in [-0.1, -0.05) is 13.8 Å². The second-order valence-corrected chi connectivity index (χ2v) is 9.35. The lowest BCUT2D eigenvalue weighted by molar-refractivity contribution is -0.153. The van der Waals surface area contributed by atoms with Gasteiger partial charge in [0, 0.05) is 28.2 Å². The SMILES string of the molecule is CC(C)c1c([C@H]2CC[C@](F)(C(=O)O)CC2)c2c(F)c3[nH]ncc3cc2n1-c1ccc(F)c(F)c1. The number of carbonyl (C=O) groups is 1. The number of H-pyrrole nitrogens is 1. The Kier molecular flexibility index (Phi) is 5.18. The van der Waals surface area contributed by atoms with Gasteiger partial charge in [0.1, 0.15) is 5.52 Å². The first kappa shape index (κ1) is 22.4. The van der Waals surface area contributed by atoms with Crippen LogP contribution < -0.4 is 0 Å². The molecule has 2 N–H and O–H groups in total. The summed E-state index contributed by atoms with van der Waals surface area (Å²) in [4.78, 5) is 11.4. The first-order chi connectivity index (χ1) is 16.1. The largest absolute Gasteiger partial charge is 0.479 e. The van der Waals surface area contributed by atoms with Gasteiger partial charge in [-0.05, 0) is 61.3 Å². The zero-order chi connectivity index (χ0) is 24.4. The number of carboxylic acid groups (broad SMARTS) is 1. The molecular weight excluding hydrogens is 450 g/mol. The molecule has 0 saturated heterocycles. The van der Waals surface area contributed by atoms with Crippen LogP contribution in [0.2, 0.25) is 0 Å². The third-order valence-electron chi connectivity index (χ3n) is 6.96. The minimum atomic E-state index is -2.30. The number of alkyl halides is 1. The fourth-order valence-corrected chi connectivity index (χ4v) is 5.31. The van der Waals surface area contributed by atoms with Crippen molar-refractivity contribution in [3.8, 4) is 5.69 Å². The minimum absolute atomic E-state index is 0.150. The average Bonchev–Trinajstić information content (AvgIpc) is 3.39. The predicted octanol–water partition coefficient (Wildman–Crippen LogP) is 6.50. The topological polar surface area (TPSA) is 70.9 Å². The molecule has 178 valence electrons. The van der Waals surface area contributed by atoms with E-state index in [0.717, 1.165) is 12.1 Å². The molecule has 5 nitrogen and oxygen atoms in total. The Morgan fingerprint density at radius 1 is 1.18 bits per heavy atom. The molecule has 0 bridgehead atoms. The molecule has 5 rings (SSSR count). The summed E-state index contributed by atoms with van der Waals surface area (Å²) in [7, 11) is 0. The van der Waals surface area contributed by atoms with Gasteiger partial charge in [0.05, 0.1) is 11.7 Å². The van der Waals surface area contributed by atoms with E-state index < -0.39 is 29.1 Å². The maximum atomic E-state index is 15.9. The number of aliphatic carboxylic acids is 1. The number of hydrogen-bond acceptors (Lipinski definition) is 2. The summed E-state index contributed by atoms with van der Waals surface area (Å²) >= 11 is 0. The van der Waals surface area contributed by atoms with Crippen LogP contribution in [0.15, 0.2) is 30.5 Å². The summed E-state index contributed by atoms with van der Waals surface area (Å²) < 4.78 is 60.4. The standard InChI is InChI=1S/C25H23F4N3O2/c1-12(2)23-19(13-5-7-25(29,8-6-13)24(33)34)20-18(9-14-11-30-31-22(14)21(20)28)32(23)15-3-4-16(26)17(27)10-15/h3-4,9-13H,5-8H2,1-2H3,(H,30,31)(H,33,34)/t13-,25+. The second kappa shape index (κ2) is 7.85. The van der Waals surface area contributed by atoms with Gasteiger partial charge >= 0.3 is 5.97 Å². The van der Waals surface area contributed by atoms with Crippen LogP contribution in [0.5, 0.6) is 0 Å². The van der Waals surface area contributed by atoms with Crippen molar-refractivity contribution in [2.24, 2.45) is 0 Å². The van der Waals surface area contributed by atoms with Crippen molar-refractivity contribution in [3.63, 3.8) is 0 Å². The summed E-state index contributed by atoms with van der Waals surface area (Å²) in [6.07, 6.45) is 1.56. The van der Waals surface area contributed by atoms with E-state index in [1.54, 1.807) is 10.6 Å². The Morgan fingerprint density at radius 3 is 2.50 bits per heavy atom. The molecule has 1 fully saturated rings. The van der Waals surface area contributed by atoms with E-state index >= 15 is 4.39 Å². The summed E-state index contributed by atoms with van der Waals surface area (Å²) in [5, 5.41) is 16.7. The number of benzene rings is 2. The van der Waals surface area contributed by atoms with Crippen molar-refractivity contribution < 1.29 is 27.5 Å². The number of carboxylic acids is 1. The van der Waals surface area contributed by atoms with Crippen molar-refractivity contribution in [3.05, 3.63) is 59.2 Å². The van der Waals surface area contributed by atoms with E-state index in [1.165, 1.54) is 12.3 Å². The first-order valence-corrected chi connectivity index (χ1v) is 11.2. The number of aromatic nitrogens is 3. The van der Waals surface area contributed by atoms with Gasteiger partial charge in [-0.15, -0.1) is 0 Å². The lowest BCUT2D eigenvalue weighted by atomic mass is 9.75. The van der Waals surface area contributed by atoms with Gasteiger partial charge < -0.3 is 9.67 Å². The smallest absolute Gasteiger partial charge is 0.341 e. The molecule has 0 amide bonds. The third-order valence-corrected chi connectivity index (χ3v) is 6.96. The molecule has 0 unspecified atom stereocenters. The fraction of sp³-hybridized carbons (Fsp3) is 0.360. The third kappa shape index (κ3) is 3.28. The number of fused-ring (bicyclic) bond motifs is 2. The van der Waals surface area contributed by atoms with E-state index in [4.69, 9.17) is 0 Å². The number of rotatable bonds is 4. The van der Waals surface area contributed by atoms with Crippen LogP contribution in [-0.4, -0.2) is 31.5 Å². The molecule has 0 atom stereocenters. The second-order valence-electron chi connectivity index (χ2n) is 9.35. The Labute approximate surface area is 192 Å². The molecule has 4 aromatic rings. The van der Waals surface area contributed by atoms with E-state index in [9.17, 15) is 23.1 Å². The number of nitrogens with one attached hydrogen (secondary N) is 1. The number of aromatic amines is 1. The molecule has 9 heteroatoms. The van der Waals surface area contributed by atoms with Crippen molar-refractivity contribution in [2.75, 3.05) is 0 Å². The molecule has 1 aliphatic rings. The first-order valence-electron chi connectivity index (χ1n) is 11.2. The van der Waals surface area contributed by atoms with Gasteiger partial charge in [0.2, 0.25) is 5.67 Å². The predicted molar refractivity (Wildman–Crippen MR) is 120 cm³/mol. The van der Waals surface area contributed by atoms with Crippen LogP contribution in [0, 0.1) is 17.5 Å². The normalized spacial score (nSPS) is 21.1. The molecule has 0 spiro atoms. The van der Waals surface area contributed by atoms with Crippen molar-refractivity contribution in [1.29, 1.82) is 0 Å². The van der Waals surface area contributed by atoms with Crippen molar-refractivity contribution in [1.82, 2.24) is 14.8 Å². The van der Waals surface area contributed by atoms with Gasteiger partial charge in [-0.2, -0.15) is 5.10 Å². The Hall–Kier alpha value is -3.36. The summed E-state index contributed by atoms with van der Waals surface area (Å²) in [6, 6.07) is 5.27. The number of hydrogen-bond donors (Lipinski definition) is 2. The Bertz CT molecular complexity index is 1430. The number of halogens is 4. The monoisotopic (exact) mass is 473 g/mol. The Balaban J connectivity index is 1.82. The van der Waals surface area contributed by atoms with Crippen LogP contribution in [0.3, 0.4) is 0 Å². The molecule has 2 aromatic heterocycles. The summed E-state index contributed by atoms with van der Waals surface area (Å²) in [6.45, 7) is 3.83. The van der Waals surface area contributed by atoms with Gasteiger partial charge in [0.25, 0.3) is 0 Å². The maximum absolute atomic E-state index is 15.9. The fourth-order valence-electron chi connectivity index (χ4n) is 5.31. The molecular formula is C25H23F4N3O2. The van der Waals surface area contributed by atoms with Crippen LogP contribution in [0.4, 0.5) is 17.6 Å². The van der Waals surface area contributed by atoms with Crippen molar-refractivity contribution in [2.45, 2.75) is 57.0 Å². The highest BCUT2D eigenvalue weighted by atomic mass is 19.2. The zero-order valence-electron chi connectivity index (χ0n) is 18.6. The number of nitrogens with zero attached hydrogens (tertiary/aromatic N) is 2. The molecule has 0 aliphatic heterocycles. The lowest BCUT2D eigenvalue weighted by Gasteiger charge is -2.32. The maximum Gasteiger partial charge on any atom is 0.341 e. The minimum Gasteiger partial charge on any atom is -0.479 e. The highest BCUT2D eigenvalue weighted by Gasteiger charge is 2.44. The molecule has 0 radical (unpaired) electrons. The van der Waals surface area contributed by atoms with Crippen LogP contribution in [-0.2, 0) is 4.79 Å². The van der Waals surface area contributed by atoms with E-state index in [-0.39, 0.29) is 43.0 Å². The van der Waals surface area contributed by atoms with Gasteiger partial charge in [-0.25, -0.2) is 22.4 Å². The molecule has 2 aromatic carbocycles. The Morgan fingerprint density at radius 2 is 1.88 bits per heavy atom. The zero-order valence-corrected chi connectivity index (χ0v) is 18.6. The average molecular weight is 473 g/mol.